The molecule has 2 aromatic carbocycles. The Morgan fingerprint density at radius 3 is 2.44 bits per heavy atom. The number of hydrogen-bond donors (Lipinski definition) is 0. The number of rotatable bonds is 5. The molecule has 0 saturated heterocycles. The number of pyridine rings is 1. The van der Waals surface area contributed by atoms with E-state index in [-0.39, 0.29) is 22.8 Å². The molecule has 9 nitrogen and oxygen atoms in total. The molecule has 2 heterocycles. The average Bonchev–Trinajstić information content (AvgIpc) is 3.10. The molecule has 9 heteroatoms. The average molecular weight is 430 g/mol. The van der Waals surface area contributed by atoms with Crippen LogP contribution in [-0.2, 0) is 4.79 Å². The van der Waals surface area contributed by atoms with Gasteiger partial charge < -0.3 is 4.74 Å². The van der Waals surface area contributed by atoms with Gasteiger partial charge in [-0.1, -0.05) is 11.6 Å². The number of nitrogens with zero attached hydrogens (tertiary/aromatic N) is 4. The van der Waals surface area contributed by atoms with Gasteiger partial charge in [0.25, 0.3) is 5.69 Å². The van der Waals surface area contributed by atoms with Crippen molar-refractivity contribution in [3.8, 4) is 11.4 Å². The third-order valence-corrected chi connectivity index (χ3v) is 4.91. The quantitative estimate of drug-likeness (QED) is 0.154. The summed E-state index contributed by atoms with van der Waals surface area (Å²) in [4.78, 5) is 39.5. The lowest BCUT2D eigenvalue weighted by atomic mass is 10.0. The molecular formula is C23H18N4O5. The second-order valence-corrected chi connectivity index (χ2v) is 7.29. The Kier molecular flexibility index (Phi) is 5.23. The first kappa shape index (κ1) is 20.9. The molecule has 0 radical (unpaired) electrons. The zero-order chi connectivity index (χ0) is 23.0. The van der Waals surface area contributed by atoms with E-state index < -0.39 is 10.9 Å². The van der Waals surface area contributed by atoms with E-state index in [1.54, 1.807) is 48.0 Å². The monoisotopic (exact) mass is 430 g/mol. The number of nitro benzene ring substituents is 1. The smallest absolute Gasteiger partial charge is 0.308 e. The van der Waals surface area contributed by atoms with E-state index in [0.29, 0.717) is 28.0 Å². The van der Waals surface area contributed by atoms with Gasteiger partial charge in [0, 0.05) is 36.2 Å². The Labute approximate surface area is 182 Å². The van der Waals surface area contributed by atoms with Crippen molar-refractivity contribution in [2.75, 3.05) is 0 Å². The fourth-order valence-electron chi connectivity index (χ4n) is 3.38. The van der Waals surface area contributed by atoms with Crippen molar-refractivity contribution in [1.29, 1.82) is 0 Å². The predicted octanol–water partition coefficient (Wildman–Crippen LogP) is 4.10. The molecule has 0 amide bonds. The van der Waals surface area contributed by atoms with Crippen LogP contribution in [0.1, 0.15) is 34.1 Å². The number of benzene rings is 2. The minimum Gasteiger partial charge on any atom is -0.426 e. The SMILES string of the molecule is CC(=O)Oc1ccc(C)cc1C(=O)c1cnc2c(c1)c(C)nn2-c1ccc([N+](=O)[O-])cc1. The largest absolute Gasteiger partial charge is 0.426 e. The van der Waals surface area contributed by atoms with Gasteiger partial charge in [0.15, 0.2) is 11.4 Å². The summed E-state index contributed by atoms with van der Waals surface area (Å²) in [5, 5.41) is 16.0. The van der Waals surface area contributed by atoms with Gasteiger partial charge in [-0.05, 0) is 44.2 Å². The zero-order valence-electron chi connectivity index (χ0n) is 17.5. The van der Waals surface area contributed by atoms with Gasteiger partial charge in [0.1, 0.15) is 5.75 Å². The lowest BCUT2D eigenvalue weighted by Crippen LogP contribution is -2.09. The third kappa shape index (κ3) is 3.83. The van der Waals surface area contributed by atoms with Crippen LogP contribution < -0.4 is 4.74 Å². The minimum atomic E-state index is -0.517. The molecule has 4 rings (SSSR count). The van der Waals surface area contributed by atoms with Crippen LogP contribution in [0.15, 0.2) is 54.7 Å². The van der Waals surface area contributed by atoms with Gasteiger partial charge in [-0.25, -0.2) is 9.67 Å². The molecule has 0 aliphatic rings. The van der Waals surface area contributed by atoms with Crippen molar-refractivity contribution in [2.24, 2.45) is 0 Å². The summed E-state index contributed by atoms with van der Waals surface area (Å²) in [6, 6.07) is 12.7. The van der Waals surface area contributed by atoms with Crippen molar-refractivity contribution in [1.82, 2.24) is 14.8 Å². The van der Waals surface area contributed by atoms with Crippen LogP contribution in [0.5, 0.6) is 5.75 Å². The number of carbonyl (C=O) groups is 2. The number of carbonyl (C=O) groups excluding carboxylic acids is 2. The number of non-ortho nitro benzene ring substituents is 1. The Morgan fingerprint density at radius 2 is 1.78 bits per heavy atom. The maximum absolute atomic E-state index is 13.2. The molecule has 0 saturated carbocycles. The van der Waals surface area contributed by atoms with Gasteiger partial charge in [0.05, 0.1) is 21.9 Å². The van der Waals surface area contributed by atoms with Crippen molar-refractivity contribution in [2.45, 2.75) is 20.8 Å². The van der Waals surface area contributed by atoms with Crippen molar-refractivity contribution in [3.05, 3.63) is 87.2 Å². The highest BCUT2D eigenvalue weighted by Crippen LogP contribution is 2.27. The molecule has 4 aromatic rings. The van der Waals surface area contributed by atoms with Crippen molar-refractivity contribution >= 4 is 28.5 Å². The molecule has 0 unspecified atom stereocenters. The molecule has 0 fully saturated rings. The maximum atomic E-state index is 13.2. The summed E-state index contributed by atoms with van der Waals surface area (Å²) in [6.45, 7) is 4.91. The van der Waals surface area contributed by atoms with E-state index in [1.807, 2.05) is 6.92 Å². The standard InChI is InChI=1S/C23H18N4O5/c1-13-4-9-21(32-15(3)28)20(10-13)22(29)16-11-19-14(2)25-26(23(19)24-12-16)17-5-7-18(8-6-17)27(30)31/h4-12H,1-3H3. The van der Waals surface area contributed by atoms with E-state index in [0.717, 1.165) is 5.56 Å². The summed E-state index contributed by atoms with van der Waals surface area (Å²) in [6.07, 6.45) is 1.44. The van der Waals surface area contributed by atoms with Gasteiger partial charge in [-0.15, -0.1) is 0 Å². The minimum absolute atomic E-state index is 0.0236. The molecular weight excluding hydrogens is 412 g/mol. The van der Waals surface area contributed by atoms with E-state index >= 15 is 0 Å². The highest BCUT2D eigenvalue weighted by atomic mass is 16.6. The van der Waals surface area contributed by atoms with Crippen molar-refractivity contribution in [3.63, 3.8) is 0 Å². The van der Waals surface area contributed by atoms with E-state index in [4.69, 9.17) is 4.74 Å². The van der Waals surface area contributed by atoms with Crippen LogP contribution in [-0.4, -0.2) is 31.4 Å². The first-order valence-corrected chi connectivity index (χ1v) is 9.68. The van der Waals surface area contributed by atoms with Gasteiger partial charge in [-0.2, -0.15) is 5.10 Å². The summed E-state index contributed by atoms with van der Waals surface area (Å²) >= 11 is 0. The highest BCUT2D eigenvalue weighted by molar-refractivity contribution is 6.12. The normalized spacial score (nSPS) is 10.8. The third-order valence-electron chi connectivity index (χ3n) is 4.91. The predicted molar refractivity (Wildman–Crippen MR) is 116 cm³/mol. The Balaban J connectivity index is 1.76. The first-order chi connectivity index (χ1) is 15.2. The zero-order valence-corrected chi connectivity index (χ0v) is 17.5. The molecule has 0 bridgehead atoms. The fraction of sp³-hybridized carbons (Fsp3) is 0.130. The molecule has 0 atom stereocenters. The topological polar surface area (TPSA) is 117 Å². The van der Waals surface area contributed by atoms with E-state index in [2.05, 4.69) is 10.1 Å². The Morgan fingerprint density at radius 1 is 1.06 bits per heavy atom. The van der Waals surface area contributed by atoms with Crippen LogP contribution in [0, 0.1) is 24.0 Å². The maximum Gasteiger partial charge on any atom is 0.308 e. The molecule has 160 valence electrons. The number of ether oxygens (including phenoxy) is 1. The number of esters is 1. The van der Waals surface area contributed by atoms with Crippen LogP contribution in [0.25, 0.3) is 16.7 Å². The summed E-state index contributed by atoms with van der Waals surface area (Å²) < 4.78 is 6.77. The lowest BCUT2D eigenvalue weighted by Gasteiger charge is -2.09. The van der Waals surface area contributed by atoms with Gasteiger partial charge in [-0.3, -0.25) is 19.7 Å². The number of aryl methyl sites for hydroxylation is 2. The number of hydrogen-bond acceptors (Lipinski definition) is 7. The molecule has 0 aliphatic carbocycles. The van der Waals surface area contributed by atoms with E-state index in [1.165, 1.54) is 25.3 Å². The second kappa shape index (κ2) is 8.03. The van der Waals surface area contributed by atoms with E-state index in [9.17, 15) is 19.7 Å². The Hall–Kier alpha value is -4.40. The lowest BCUT2D eigenvalue weighted by molar-refractivity contribution is -0.384. The van der Waals surface area contributed by atoms with Crippen LogP contribution in [0.4, 0.5) is 5.69 Å². The fourth-order valence-corrected chi connectivity index (χ4v) is 3.38. The number of aromatic nitrogens is 3. The number of nitro groups is 1. The van der Waals surface area contributed by atoms with Gasteiger partial charge >= 0.3 is 5.97 Å². The number of ketones is 1. The molecule has 0 spiro atoms. The molecule has 0 N–H and O–H groups in total. The molecule has 32 heavy (non-hydrogen) atoms. The highest BCUT2D eigenvalue weighted by Gasteiger charge is 2.19. The summed E-state index contributed by atoms with van der Waals surface area (Å²) in [7, 11) is 0. The summed E-state index contributed by atoms with van der Waals surface area (Å²) in [5.41, 5.74) is 3.17. The van der Waals surface area contributed by atoms with Gasteiger partial charge in [0.2, 0.25) is 0 Å². The van der Waals surface area contributed by atoms with Crippen molar-refractivity contribution < 1.29 is 19.2 Å². The Bertz CT molecular complexity index is 1390. The first-order valence-electron chi connectivity index (χ1n) is 9.68. The van der Waals surface area contributed by atoms with Crippen LogP contribution in [0.2, 0.25) is 0 Å². The molecule has 2 aromatic heterocycles. The summed E-state index contributed by atoms with van der Waals surface area (Å²) in [5.74, 6) is -0.662. The number of fused-ring (bicyclic) bond motifs is 1. The second-order valence-electron chi connectivity index (χ2n) is 7.29. The molecule has 0 aliphatic heterocycles. The van der Waals surface area contributed by atoms with Crippen LogP contribution >= 0.6 is 0 Å². The van der Waals surface area contributed by atoms with Crippen LogP contribution in [0.3, 0.4) is 0 Å².